The number of pyridine rings is 1. The molecule has 1 aliphatic rings. The smallest absolute Gasteiger partial charge is 0.0883 e. The van der Waals surface area contributed by atoms with Crippen LogP contribution in [-0.2, 0) is 12.8 Å². The van der Waals surface area contributed by atoms with Crippen LogP contribution in [0.2, 0.25) is 0 Å². The monoisotopic (exact) mass is 357 g/mol. The van der Waals surface area contributed by atoms with E-state index in [1.54, 1.807) is 11.1 Å². The molecule has 2 heteroatoms. The van der Waals surface area contributed by atoms with Crippen molar-refractivity contribution in [2.75, 3.05) is 0 Å². The minimum absolute atomic E-state index is 1.14. The second-order valence-corrected chi connectivity index (χ2v) is 8.59. The van der Waals surface area contributed by atoms with Gasteiger partial charge < -0.3 is 0 Å². The highest BCUT2D eigenvalue weighted by atomic mass is 32.1. The van der Waals surface area contributed by atoms with Crippen LogP contribution in [0.25, 0.3) is 31.4 Å². The molecular formula is C24H23NS. The Morgan fingerprint density at radius 3 is 2.35 bits per heavy atom. The molecule has 2 aromatic heterocycles. The molecule has 0 spiro atoms. The summed E-state index contributed by atoms with van der Waals surface area (Å²) >= 11 is 1.94. The van der Waals surface area contributed by atoms with Gasteiger partial charge >= 0.3 is 0 Å². The Morgan fingerprint density at radius 1 is 0.846 bits per heavy atom. The van der Waals surface area contributed by atoms with Gasteiger partial charge in [-0.15, -0.1) is 11.3 Å². The summed E-state index contributed by atoms with van der Waals surface area (Å²) in [5, 5.41) is 2.85. The van der Waals surface area contributed by atoms with Gasteiger partial charge in [0.05, 0.1) is 10.4 Å². The zero-order valence-electron chi connectivity index (χ0n) is 15.6. The molecule has 1 aliphatic carbocycles. The Labute approximate surface area is 158 Å². The van der Waals surface area contributed by atoms with E-state index in [1.165, 1.54) is 68.1 Å². The summed E-state index contributed by atoms with van der Waals surface area (Å²) in [6, 6.07) is 10.8. The number of aromatic nitrogens is 1. The molecule has 0 fully saturated rings. The molecule has 130 valence electrons. The van der Waals surface area contributed by atoms with Crippen LogP contribution in [0.3, 0.4) is 0 Å². The standard InChI is InChI=1S/C24H23NS/c1-14-8-4-5-9-17(14)22-24-20(12-13-25-22)21-15(2)18-10-6-7-11-19(18)16(3)23(21)26-24/h4-5,8-9,12-13H,6-7,10-11H2,1-3H3. The van der Waals surface area contributed by atoms with Crippen molar-refractivity contribution in [1.82, 2.24) is 4.98 Å². The summed E-state index contributed by atoms with van der Waals surface area (Å²) in [4.78, 5) is 4.80. The second kappa shape index (κ2) is 5.92. The van der Waals surface area contributed by atoms with Gasteiger partial charge in [0.1, 0.15) is 0 Å². The molecule has 0 amide bonds. The maximum atomic E-state index is 4.80. The van der Waals surface area contributed by atoms with Gasteiger partial charge in [-0.3, -0.25) is 4.98 Å². The minimum Gasteiger partial charge on any atom is -0.255 e. The van der Waals surface area contributed by atoms with Crippen LogP contribution in [0, 0.1) is 20.8 Å². The lowest BCUT2D eigenvalue weighted by molar-refractivity contribution is 0.681. The number of nitrogens with zero attached hydrogens (tertiary/aromatic N) is 1. The third kappa shape index (κ3) is 2.18. The van der Waals surface area contributed by atoms with Crippen molar-refractivity contribution in [2.24, 2.45) is 0 Å². The van der Waals surface area contributed by atoms with Crippen molar-refractivity contribution in [1.29, 1.82) is 0 Å². The second-order valence-electron chi connectivity index (χ2n) is 7.57. The summed E-state index contributed by atoms with van der Waals surface area (Å²) in [5.74, 6) is 0. The Balaban J connectivity index is 1.92. The maximum Gasteiger partial charge on any atom is 0.0883 e. The molecule has 1 nitrogen and oxygen atoms in total. The van der Waals surface area contributed by atoms with E-state index in [4.69, 9.17) is 4.98 Å². The first kappa shape index (κ1) is 16.0. The summed E-state index contributed by atoms with van der Waals surface area (Å²) in [7, 11) is 0. The molecule has 0 unspecified atom stereocenters. The van der Waals surface area contributed by atoms with Crippen molar-refractivity contribution < 1.29 is 0 Å². The lowest BCUT2D eigenvalue weighted by atomic mass is 9.84. The minimum atomic E-state index is 1.14. The van der Waals surface area contributed by atoms with E-state index < -0.39 is 0 Å². The average molecular weight is 358 g/mol. The number of benzene rings is 2. The molecule has 2 aromatic carbocycles. The molecule has 5 rings (SSSR count). The van der Waals surface area contributed by atoms with Crippen LogP contribution in [-0.4, -0.2) is 4.98 Å². The third-order valence-electron chi connectivity index (χ3n) is 6.09. The molecule has 0 saturated carbocycles. The van der Waals surface area contributed by atoms with Crippen molar-refractivity contribution in [3.63, 3.8) is 0 Å². The molecule has 26 heavy (non-hydrogen) atoms. The highest BCUT2D eigenvalue weighted by Crippen LogP contribution is 2.45. The van der Waals surface area contributed by atoms with Crippen molar-refractivity contribution in [2.45, 2.75) is 46.5 Å². The fourth-order valence-electron chi connectivity index (χ4n) is 4.71. The largest absolute Gasteiger partial charge is 0.255 e. The Morgan fingerprint density at radius 2 is 1.58 bits per heavy atom. The Bertz CT molecular complexity index is 1170. The van der Waals surface area contributed by atoms with E-state index >= 15 is 0 Å². The maximum absolute atomic E-state index is 4.80. The van der Waals surface area contributed by atoms with Gasteiger partial charge in [0.2, 0.25) is 0 Å². The van der Waals surface area contributed by atoms with Crippen molar-refractivity contribution in [3.8, 4) is 11.3 Å². The summed E-state index contributed by atoms with van der Waals surface area (Å²) in [5.41, 5.74) is 9.94. The lowest BCUT2D eigenvalue weighted by Gasteiger charge is -2.21. The first-order chi connectivity index (χ1) is 12.7. The number of thiophene rings is 1. The normalized spacial score (nSPS) is 14.1. The highest BCUT2D eigenvalue weighted by Gasteiger charge is 2.22. The van der Waals surface area contributed by atoms with E-state index in [-0.39, 0.29) is 0 Å². The summed E-state index contributed by atoms with van der Waals surface area (Å²) < 4.78 is 2.81. The molecule has 0 bridgehead atoms. The van der Waals surface area contributed by atoms with Gasteiger partial charge in [0, 0.05) is 27.2 Å². The SMILES string of the molecule is Cc1ccccc1-c1nccc2c1sc1c(C)c3c(c(C)c12)CCCC3. The fourth-order valence-corrected chi connectivity index (χ4v) is 6.10. The molecule has 4 aromatic rings. The zero-order valence-corrected chi connectivity index (χ0v) is 16.5. The first-order valence-electron chi connectivity index (χ1n) is 9.55. The van der Waals surface area contributed by atoms with Crippen LogP contribution in [0.1, 0.15) is 40.7 Å². The van der Waals surface area contributed by atoms with E-state index in [0.29, 0.717) is 0 Å². The van der Waals surface area contributed by atoms with Gasteiger partial charge in [0.25, 0.3) is 0 Å². The van der Waals surface area contributed by atoms with E-state index in [1.807, 2.05) is 17.5 Å². The molecule has 0 atom stereocenters. The molecular weight excluding hydrogens is 334 g/mol. The van der Waals surface area contributed by atoms with Gasteiger partial charge in [0.15, 0.2) is 0 Å². The quantitative estimate of drug-likeness (QED) is 0.360. The zero-order chi connectivity index (χ0) is 17.8. The van der Waals surface area contributed by atoms with Crippen LogP contribution < -0.4 is 0 Å². The number of hydrogen-bond acceptors (Lipinski definition) is 2. The fraction of sp³-hybridized carbons (Fsp3) is 0.292. The predicted molar refractivity (Wildman–Crippen MR) is 113 cm³/mol. The van der Waals surface area contributed by atoms with E-state index in [0.717, 1.165) is 5.69 Å². The van der Waals surface area contributed by atoms with Gasteiger partial charge in [-0.2, -0.15) is 0 Å². The third-order valence-corrected chi connectivity index (χ3v) is 7.43. The van der Waals surface area contributed by atoms with Crippen LogP contribution in [0.5, 0.6) is 0 Å². The highest BCUT2D eigenvalue weighted by molar-refractivity contribution is 7.26. The van der Waals surface area contributed by atoms with E-state index in [9.17, 15) is 0 Å². The Hall–Kier alpha value is -2.19. The number of aryl methyl sites for hydroxylation is 3. The summed E-state index contributed by atoms with van der Waals surface area (Å²) in [6.07, 6.45) is 7.14. The number of rotatable bonds is 1. The van der Waals surface area contributed by atoms with Crippen LogP contribution in [0.15, 0.2) is 36.5 Å². The molecule has 0 saturated heterocycles. The lowest BCUT2D eigenvalue weighted by Crippen LogP contribution is -2.07. The summed E-state index contributed by atoms with van der Waals surface area (Å²) in [6.45, 7) is 6.85. The molecule has 2 heterocycles. The van der Waals surface area contributed by atoms with Crippen LogP contribution >= 0.6 is 11.3 Å². The Kier molecular flexibility index (Phi) is 3.65. The average Bonchev–Trinajstić information content (AvgIpc) is 3.07. The van der Waals surface area contributed by atoms with Gasteiger partial charge in [-0.05, 0) is 80.3 Å². The first-order valence-corrected chi connectivity index (χ1v) is 10.4. The van der Waals surface area contributed by atoms with Crippen molar-refractivity contribution in [3.05, 3.63) is 64.3 Å². The molecule has 0 N–H and O–H groups in total. The van der Waals surface area contributed by atoms with Gasteiger partial charge in [-0.1, -0.05) is 24.3 Å². The predicted octanol–water partition coefficient (Wildman–Crippen LogP) is 6.92. The molecule has 0 aliphatic heterocycles. The number of hydrogen-bond donors (Lipinski definition) is 0. The van der Waals surface area contributed by atoms with E-state index in [2.05, 4.69) is 51.1 Å². The van der Waals surface area contributed by atoms with Crippen LogP contribution in [0.4, 0.5) is 0 Å². The van der Waals surface area contributed by atoms with Gasteiger partial charge in [-0.25, -0.2) is 0 Å². The topological polar surface area (TPSA) is 12.9 Å². The van der Waals surface area contributed by atoms with Crippen molar-refractivity contribution >= 4 is 31.5 Å². The molecule has 0 radical (unpaired) electrons. The number of fused-ring (bicyclic) bond motifs is 4.